The van der Waals surface area contributed by atoms with E-state index in [-0.39, 0.29) is 5.75 Å². The van der Waals surface area contributed by atoms with Crippen molar-refractivity contribution >= 4 is 21.9 Å². The third-order valence-electron chi connectivity index (χ3n) is 0.910. The van der Waals surface area contributed by atoms with E-state index in [1.807, 2.05) is 6.92 Å². The number of aryl methyl sites for hydroxylation is 1. The van der Waals surface area contributed by atoms with Crippen LogP contribution in [0.1, 0.15) is 9.88 Å². The molecule has 0 aliphatic carbocycles. The second-order valence-electron chi connectivity index (χ2n) is 1.81. The van der Waals surface area contributed by atoms with Crippen molar-refractivity contribution in [1.29, 1.82) is 1.12 Å². The first kappa shape index (κ1) is 6.30. The van der Waals surface area contributed by atoms with Crippen molar-refractivity contribution in [3.63, 3.8) is 0 Å². The van der Waals surface area contributed by atoms with Gasteiger partial charge in [-0.25, -0.2) is 13.4 Å². The number of hydrogen-bond donors (Lipinski definition) is 1. The molecule has 0 saturated heterocycles. The number of thiol groups is 1. The van der Waals surface area contributed by atoms with E-state index in [2.05, 4.69) is 4.98 Å². The van der Waals surface area contributed by atoms with Crippen LogP contribution in [0, 0.1) is 6.92 Å². The van der Waals surface area contributed by atoms with Gasteiger partial charge in [0.2, 0.25) is 0 Å². The van der Waals surface area contributed by atoms with E-state index in [9.17, 15) is 8.42 Å². The molecule has 1 rings (SSSR count). The van der Waals surface area contributed by atoms with Crippen molar-refractivity contribution in [3.05, 3.63) is 16.1 Å². The summed E-state index contributed by atoms with van der Waals surface area (Å²) in [5.41, 5.74) is 0. The van der Waals surface area contributed by atoms with Crippen molar-refractivity contribution in [3.8, 4) is 0 Å². The first-order valence-corrected chi connectivity index (χ1v) is 4.71. The van der Waals surface area contributed by atoms with E-state index >= 15 is 0 Å². The molecule has 1 aromatic rings. The molecular formula is C5H7NO2S2. The molecule has 3 nitrogen and oxygen atoms in total. The molecule has 0 fully saturated rings. The summed E-state index contributed by atoms with van der Waals surface area (Å²) in [6.45, 7) is 1.84. The lowest BCUT2D eigenvalue weighted by Gasteiger charge is -1.80. The second-order valence-corrected chi connectivity index (χ2v) is 4.03. The standard InChI is InChI=1S/C5H7NO2S2/c1-4-2-6-5(9-4)3-10(7)8/h2,10H,3H2,1H3/i10T. The minimum Gasteiger partial charge on any atom is -0.248 e. The first-order chi connectivity index (χ1) is 4.97. The van der Waals surface area contributed by atoms with Crippen LogP contribution in [0.2, 0.25) is 0 Å². The van der Waals surface area contributed by atoms with Gasteiger partial charge in [-0.3, -0.25) is 0 Å². The van der Waals surface area contributed by atoms with Crippen molar-refractivity contribution in [1.82, 2.24) is 4.98 Å². The van der Waals surface area contributed by atoms with Gasteiger partial charge in [0.15, 0.2) is 1.12 Å². The topological polar surface area (TPSA) is 47.0 Å². The smallest absolute Gasteiger partial charge is 0.174 e. The molecule has 0 bridgehead atoms. The third kappa shape index (κ3) is 2.07. The minimum atomic E-state index is -3.67. The van der Waals surface area contributed by atoms with Crippen LogP contribution in [0.3, 0.4) is 0 Å². The van der Waals surface area contributed by atoms with Crippen LogP contribution >= 0.6 is 11.3 Å². The summed E-state index contributed by atoms with van der Waals surface area (Å²) in [5, 5.41) is 0.484. The molecule has 10 heavy (non-hydrogen) atoms. The maximum absolute atomic E-state index is 10.4. The van der Waals surface area contributed by atoms with Gasteiger partial charge in [-0.05, 0) is 6.92 Å². The van der Waals surface area contributed by atoms with E-state index in [1.54, 1.807) is 6.20 Å². The van der Waals surface area contributed by atoms with Crippen LogP contribution < -0.4 is 0 Å². The summed E-state index contributed by atoms with van der Waals surface area (Å²) >= 11 is 1.30. The van der Waals surface area contributed by atoms with Gasteiger partial charge in [0.1, 0.15) is 15.6 Å². The lowest BCUT2D eigenvalue weighted by Crippen LogP contribution is -1.82. The Morgan fingerprint density at radius 2 is 2.60 bits per heavy atom. The number of hydrogen-bond acceptors (Lipinski definition) is 4. The van der Waals surface area contributed by atoms with Gasteiger partial charge in [-0.1, -0.05) is 0 Å². The fraction of sp³-hybridized carbons (Fsp3) is 0.400. The number of aromatic nitrogens is 1. The Bertz CT molecular complexity index is 343. The lowest BCUT2D eigenvalue weighted by atomic mass is 10.6. The van der Waals surface area contributed by atoms with Crippen LogP contribution in [-0.4, -0.2) is 14.5 Å². The van der Waals surface area contributed by atoms with E-state index in [0.717, 1.165) is 4.88 Å². The molecule has 0 radical (unpaired) electrons. The highest BCUT2D eigenvalue weighted by Crippen LogP contribution is 2.11. The highest BCUT2D eigenvalue weighted by Gasteiger charge is 1.97. The molecule has 0 N–H and O–H groups in total. The van der Waals surface area contributed by atoms with Gasteiger partial charge >= 0.3 is 0 Å². The van der Waals surface area contributed by atoms with Crippen LogP contribution in [0.15, 0.2) is 6.20 Å². The molecule has 0 unspecified atom stereocenters. The van der Waals surface area contributed by atoms with E-state index in [4.69, 9.17) is 1.12 Å². The molecule has 5 heteroatoms. The zero-order chi connectivity index (χ0) is 8.48. The van der Waals surface area contributed by atoms with Gasteiger partial charge in [0, 0.05) is 11.1 Å². The van der Waals surface area contributed by atoms with Crippen molar-refractivity contribution in [2.24, 2.45) is 0 Å². The maximum Gasteiger partial charge on any atom is 0.174 e. The summed E-state index contributed by atoms with van der Waals surface area (Å²) in [4.78, 5) is 4.78. The van der Waals surface area contributed by atoms with Gasteiger partial charge in [0.25, 0.3) is 0 Å². The Morgan fingerprint density at radius 3 is 3.00 bits per heavy atom. The fourth-order valence-electron chi connectivity index (χ4n) is 0.569. The molecule has 0 atom stereocenters. The van der Waals surface area contributed by atoms with E-state index in [1.165, 1.54) is 11.3 Å². The number of rotatable bonds is 2. The number of nitrogens with zero attached hydrogens (tertiary/aromatic N) is 1. The maximum atomic E-state index is 10.4. The van der Waals surface area contributed by atoms with Crippen molar-refractivity contribution in [2.75, 3.05) is 0 Å². The molecule has 0 aliphatic rings. The summed E-state index contributed by atoms with van der Waals surface area (Å²) < 4.78 is 27.5. The summed E-state index contributed by atoms with van der Waals surface area (Å²) in [7, 11) is -3.67. The second kappa shape index (κ2) is 3.12. The van der Waals surface area contributed by atoms with Crippen LogP contribution in [-0.2, 0) is 16.4 Å². The van der Waals surface area contributed by atoms with Gasteiger partial charge in [-0.2, -0.15) is 0 Å². The van der Waals surface area contributed by atoms with Gasteiger partial charge in [0.05, 0.1) is 5.75 Å². The van der Waals surface area contributed by atoms with Crippen LogP contribution in [0.4, 0.5) is 0 Å². The summed E-state index contributed by atoms with van der Waals surface area (Å²) in [6, 6.07) is 0. The van der Waals surface area contributed by atoms with E-state index in [0.29, 0.717) is 5.01 Å². The predicted octanol–water partition coefficient (Wildman–Crippen LogP) is 0.563. The monoisotopic (exact) mass is 179 g/mol. The Balaban J connectivity index is 2.81. The third-order valence-corrected chi connectivity index (χ3v) is 2.52. The lowest BCUT2D eigenvalue weighted by molar-refractivity contribution is 0.614. The highest BCUT2D eigenvalue weighted by molar-refractivity contribution is 7.71. The molecule has 0 aliphatic heterocycles. The molecule has 1 heterocycles. The van der Waals surface area contributed by atoms with Gasteiger partial charge in [-0.15, -0.1) is 11.3 Å². The average Bonchev–Trinajstić information content (AvgIpc) is 2.10. The molecular weight excluding hydrogens is 170 g/mol. The number of thiazole rings is 1. The van der Waals surface area contributed by atoms with Crippen LogP contribution in [0.5, 0.6) is 0 Å². The predicted molar refractivity (Wildman–Crippen MR) is 40.9 cm³/mol. The van der Waals surface area contributed by atoms with Crippen molar-refractivity contribution in [2.45, 2.75) is 12.7 Å². The molecule has 0 spiro atoms. The largest absolute Gasteiger partial charge is 0.248 e. The summed E-state index contributed by atoms with van der Waals surface area (Å²) in [6.07, 6.45) is 1.60. The highest BCUT2D eigenvalue weighted by atomic mass is 32.2. The first-order valence-electron chi connectivity index (χ1n) is 3.06. The zero-order valence-electron chi connectivity index (χ0n) is 6.36. The van der Waals surface area contributed by atoms with Gasteiger partial charge < -0.3 is 0 Å². The molecule has 1 aromatic heterocycles. The Labute approximate surface area is 65.8 Å². The quantitative estimate of drug-likeness (QED) is 0.675. The normalized spacial score (nSPS) is 13.1. The van der Waals surface area contributed by atoms with E-state index < -0.39 is 10.6 Å². The Kier molecular flexibility index (Phi) is 1.96. The molecule has 56 valence electrons. The Hall–Kier alpha value is -0.420. The van der Waals surface area contributed by atoms with Crippen LogP contribution in [0.25, 0.3) is 0 Å². The minimum absolute atomic E-state index is 0.272. The van der Waals surface area contributed by atoms with Crippen molar-refractivity contribution < 1.29 is 8.42 Å². The fourth-order valence-corrected chi connectivity index (χ4v) is 1.95. The molecule has 0 amide bonds. The average molecular weight is 179 g/mol. The zero-order valence-corrected chi connectivity index (χ0v) is 7.00. The summed E-state index contributed by atoms with van der Waals surface area (Å²) in [5.74, 6) is -0.272. The molecule has 0 saturated carbocycles. The SMILES string of the molecule is [3H]S(=O)(=O)Cc1ncc(C)s1. The Morgan fingerprint density at radius 1 is 1.90 bits per heavy atom. The molecule has 0 aromatic carbocycles.